The van der Waals surface area contributed by atoms with Gasteiger partial charge in [-0.15, -0.1) is 0 Å². The number of ether oxygens (including phenoxy) is 4. The average molecular weight is 741 g/mol. The Kier molecular flexibility index (Phi) is 9.95. The fourth-order valence-corrected chi connectivity index (χ4v) is 6.99. The number of aromatic nitrogens is 1. The molecule has 20 heteroatoms. The van der Waals surface area contributed by atoms with Gasteiger partial charge in [0.1, 0.15) is 23.8 Å². The number of benzene rings is 1. The minimum atomic E-state index is -4.80. The number of nitrogens with zero attached hydrogens (tertiary/aromatic N) is 3. The predicted molar refractivity (Wildman–Crippen MR) is 168 cm³/mol. The Balaban J connectivity index is 1.28. The lowest BCUT2D eigenvalue weighted by atomic mass is 9.84. The number of halogens is 2. The highest BCUT2D eigenvalue weighted by molar-refractivity contribution is 7.46. The number of carbonyl (C=O) groups excluding carboxylic acids is 3. The third-order valence-electron chi connectivity index (χ3n) is 9.35. The number of fused-ring (bicyclic) bond motifs is 5. The molecule has 276 valence electrons. The number of carbonyl (C=O) groups is 3. The van der Waals surface area contributed by atoms with Gasteiger partial charge in [-0.25, -0.2) is 18.1 Å². The lowest BCUT2D eigenvalue weighted by Crippen LogP contribution is -2.52. The van der Waals surface area contributed by atoms with Crippen molar-refractivity contribution in [3.8, 4) is 5.75 Å². The summed E-state index contributed by atoms with van der Waals surface area (Å²) in [6.07, 6.45) is 1.35. The summed E-state index contributed by atoms with van der Waals surface area (Å²) in [6, 6.07) is 1.88. The molecular formula is C31H35F2N4O13P. The topological polar surface area (TPSA) is 214 Å². The van der Waals surface area contributed by atoms with Crippen LogP contribution in [0.5, 0.6) is 5.75 Å². The molecule has 5 heterocycles. The third kappa shape index (κ3) is 7.48. The summed E-state index contributed by atoms with van der Waals surface area (Å²) in [4.78, 5) is 79.5. The molecule has 1 aromatic carbocycles. The van der Waals surface area contributed by atoms with Crippen molar-refractivity contribution in [2.75, 3.05) is 39.8 Å². The molecule has 1 unspecified atom stereocenters. The van der Waals surface area contributed by atoms with Gasteiger partial charge in [-0.1, -0.05) is 11.2 Å². The zero-order valence-electron chi connectivity index (χ0n) is 27.5. The van der Waals surface area contributed by atoms with Crippen LogP contribution in [-0.4, -0.2) is 94.3 Å². The van der Waals surface area contributed by atoms with E-state index in [0.717, 1.165) is 12.1 Å². The zero-order chi connectivity index (χ0) is 36.7. The van der Waals surface area contributed by atoms with Crippen molar-refractivity contribution in [3.63, 3.8) is 0 Å². The largest absolute Gasteiger partial charge is 0.511 e. The summed E-state index contributed by atoms with van der Waals surface area (Å²) in [6.45, 7) is 1.54. The first-order chi connectivity index (χ1) is 24.1. The number of oxime groups is 1. The Bertz CT molecular complexity index is 1880. The molecule has 0 radical (unpaired) electrons. The molecule has 3 atom stereocenters. The van der Waals surface area contributed by atoms with Crippen LogP contribution in [0.15, 0.2) is 34.3 Å². The number of phosphoric ester groups is 1. The molecule has 51 heavy (non-hydrogen) atoms. The predicted octanol–water partition coefficient (Wildman–Crippen LogP) is 2.39. The molecular weight excluding hydrogens is 705 g/mol. The van der Waals surface area contributed by atoms with E-state index in [1.165, 1.54) is 10.8 Å². The molecule has 2 fully saturated rings. The summed E-state index contributed by atoms with van der Waals surface area (Å²) < 4.78 is 65.6. The van der Waals surface area contributed by atoms with E-state index < -0.39 is 97.8 Å². The summed E-state index contributed by atoms with van der Waals surface area (Å²) in [7, 11) is -4.80. The second-order valence-corrected chi connectivity index (χ2v) is 14.3. The van der Waals surface area contributed by atoms with Gasteiger partial charge in [-0.3, -0.25) is 18.9 Å². The molecule has 1 aromatic heterocycles. The van der Waals surface area contributed by atoms with Crippen LogP contribution in [0.4, 0.5) is 13.6 Å². The number of amides is 2. The Labute approximate surface area is 288 Å². The van der Waals surface area contributed by atoms with E-state index in [9.17, 15) is 32.5 Å². The summed E-state index contributed by atoms with van der Waals surface area (Å²) in [5.41, 5.74) is -3.07. The van der Waals surface area contributed by atoms with Gasteiger partial charge in [0.05, 0.1) is 37.0 Å². The Morgan fingerprint density at radius 2 is 1.94 bits per heavy atom. The summed E-state index contributed by atoms with van der Waals surface area (Å²) >= 11 is 0. The van der Waals surface area contributed by atoms with E-state index in [1.807, 2.05) is 6.92 Å². The van der Waals surface area contributed by atoms with Gasteiger partial charge >= 0.3 is 14.0 Å². The molecule has 17 nitrogen and oxygen atoms in total. The van der Waals surface area contributed by atoms with Crippen LogP contribution >= 0.6 is 7.82 Å². The number of phosphoric acid groups is 1. The smallest absolute Gasteiger partial charge is 0.451 e. The number of hydrogen-bond acceptors (Lipinski definition) is 12. The summed E-state index contributed by atoms with van der Waals surface area (Å²) in [5, 5.41) is 6.62. The fourth-order valence-electron chi connectivity index (χ4n) is 6.55. The van der Waals surface area contributed by atoms with E-state index in [-0.39, 0.29) is 37.1 Å². The van der Waals surface area contributed by atoms with Crippen molar-refractivity contribution < 1.29 is 65.8 Å². The van der Waals surface area contributed by atoms with Crippen LogP contribution in [0.3, 0.4) is 0 Å². The van der Waals surface area contributed by atoms with E-state index in [1.54, 1.807) is 11.8 Å². The second-order valence-electron chi connectivity index (χ2n) is 13.1. The van der Waals surface area contributed by atoms with E-state index in [4.69, 9.17) is 33.6 Å². The SMILES string of the molecule is CC1=NO[C@@]2(CC[C@H](C)N3CC2n2cc(C(=O)NCc4ccc(F)cc4F)c(=O)c(OCOC(=O)OCC4(COP(=O)(O)O)COC4)c2C3=O)C1. The van der Waals surface area contributed by atoms with Crippen molar-refractivity contribution in [1.29, 1.82) is 0 Å². The normalized spacial score (nSPS) is 23.4. The number of pyridine rings is 1. The number of rotatable bonds is 11. The molecule has 4 aliphatic rings. The fraction of sp³-hybridized carbons (Fsp3) is 0.516. The maximum absolute atomic E-state index is 14.3. The molecule has 0 saturated carbocycles. The van der Waals surface area contributed by atoms with E-state index >= 15 is 0 Å². The van der Waals surface area contributed by atoms with Gasteiger partial charge in [-0.2, -0.15) is 0 Å². The molecule has 2 amide bonds. The highest BCUT2D eigenvalue weighted by Crippen LogP contribution is 2.46. The molecule has 6 rings (SSSR count). The van der Waals surface area contributed by atoms with Crippen molar-refractivity contribution in [2.24, 2.45) is 10.6 Å². The highest BCUT2D eigenvalue weighted by atomic mass is 31.2. The van der Waals surface area contributed by atoms with Crippen LogP contribution in [0.1, 0.15) is 65.6 Å². The first-order valence-electron chi connectivity index (χ1n) is 15.8. The maximum atomic E-state index is 14.3. The minimum Gasteiger partial charge on any atom is -0.451 e. The van der Waals surface area contributed by atoms with Crippen LogP contribution in [0.25, 0.3) is 0 Å². The van der Waals surface area contributed by atoms with Crippen LogP contribution in [0, 0.1) is 17.0 Å². The summed E-state index contributed by atoms with van der Waals surface area (Å²) in [5.74, 6) is -3.88. The van der Waals surface area contributed by atoms with Gasteiger partial charge in [-0.05, 0) is 32.8 Å². The Morgan fingerprint density at radius 1 is 1.18 bits per heavy atom. The quantitative estimate of drug-likeness (QED) is 0.172. The number of nitrogens with one attached hydrogen (secondary N) is 1. The monoisotopic (exact) mass is 740 g/mol. The average Bonchev–Trinajstić information content (AvgIpc) is 3.38. The maximum Gasteiger partial charge on any atom is 0.511 e. The standard InChI is InChI=1S/C31H35F2N4O13P/c1-17-8-31(50-35-17)6-5-18(2)36-11-23(31)37-10-21(27(39)34-9-19-3-4-20(32)7-22(19)33)25(38)26(24(37)28(36)40)47-16-48-29(41)46-14-30(12-45-13-30)15-49-51(42,43)44/h3-4,7,10,18,23H,5-6,8-9,11-16H2,1-2H3,(H,34,39)(H2,42,43,44)/t18-,23?,31-/m0/s1. The highest BCUT2D eigenvalue weighted by Gasteiger charge is 2.54. The molecule has 2 bridgehead atoms. The van der Waals surface area contributed by atoms with Crippen LogP contribution in [0.2, 0.25) is 0 Å². The van der Waals surface area contributed by atoms with Crippen molar-refractivity contribution >= 4 is 31.5 Å². The van der Waals surface area contributed by atoms with Crippen molar-refractivity contribution in [2.45, 2.75) is 57.3 Å². The Morgan fingerprint density at radius 3 is 2.59 bits per heavy atom. The molecule has 1 spiro atoms. The molecule has 2 aromatic rings. The molecule has 4 aliphatic heterocycles. The molecule has 0 aliphatic carbocycles. The second kappa shape index (κ2) is 14.0. The zero-order valence-corrected chi connectivity index (χ0v) is 28.4. The first-order valence-corrected chi connectivity index (χ1v) is 17.4. The number of hydrogen-bond donors (Lipinski definition) is 3. The molecule has 3 N–H and O–H groups in total. The lowest BCUT2D eigenvalue weighted by Gasteiger charge is -2.42. The van der Waals surface area contributed by atoms with Crippen molar-refractivity contribution in [3.05, 3.63) is 63.1 Å². The third-order valence-corrected chi connectivity index (χ3v) is 9.82. The molecule has 2 saturated heterocycles. The van der Waals surface area contributed by atoms with Gasteiger partial charge in [0.25, 0.3) is 11.8 Å². The first kappa shape index (κ1) is 36.4. The van der Waals surface area contributed by atoms with E-state index in [0.29, 0.717) is 31.0 Å². The van der Waals surface area contributed by atoms with Gasteiger partial charge < -0.3 is 48.4 Å². The van der Waals surface area contributed by atoms with Crippen LogP contribution in [-0.2, 0) is 34.7 Å². The van der Waals surface area contributed by atoms with Crippen LogP contribution < -0.4 is 15.5 Å². The van der Waals surface area contributed by atoms with E-state index in [2.05, 4.69) is 15.0 Å². The van der Waals surface area contributed by atoms with Gasteiger partial charge in [0, 0.05) is 43.4 Å². The van der Waals surface area contributed by atoms with Crippen molar-refractivity contribution in [1.82, 2.24) is 14.8 Å². The van der Waals surface area contributed by atoms with Gasteiger partial charge in [0.2, 0.25) is 18.0 Å². The van der Waals surface area contributed by atoms with Gasteiger partial charge in [0.15, 0.2) is 11.3 Å². The lowest BCUT2D eigenvalue weighted by molar-refractivity contribution is -0.160. The Hall–Kier alpha value is -4.42. The minimum absolute atomic E-state index is 0.0175.